The second-order valence-corrected chi connectivity index (χ2v) is 1.94. The fourth-order valence-electron chi connectivity index (χ4n) is 0.584. The molecule has 1 unspecified atom stereocenters. The van der Waals surface area contributed by atoms with Crippen LogP contribution in [0, 0.1) is 5.41 Å². The van der Waals surface area contributed by atoms with Crippen LogP contribution in [0.3, 0.4) is 0 Å². The van der Waals surface area contributed by atoms with E-state index in [9.17, 15) is 0 Å². The standard InChI is InChI=1S/C7H15N3O/c1-3-10-6-11-7(9-2)4-5-8/h3,5,7-10H,1,4,6H2,2H3. The number of hydrogen-bond acceptors (Lipinski definition) is 4. The second kappa shape index (κ2) is 7.24. The molecule has 0 saturated heterocycles. The number of ether oxygens (including phenoxy) is 1. The van der Waals surface area contributed by atoms with Gasteiger partial charge in [0.25, 0.3) is 0 Å². The van der Waals surface area contributed by atoms with E-state index in [1.54, 1.807) is 13.2 Å². The van der Waals surface area contributed by atoms with E-state index >= 15 is 0 Å². The molecule has 0 aliphatic rings. The predicted octanol–water partition coefficient (Wildman–Crippen LogP) is 0.279. The third-order valence-corrected chi connectivity index (χ3v) is 1.17. The molecule has 0 fully saturated rings. The summed E-state index contributed by atoms with van der Waals surface area (Å²) in [6.07, 6.45) is 3.38. The number of rotatable bonds is 7. The first-order chi connectivity index (χ1) is 5.35. The van der Waals surface area contributed by atoms with Crippen molar-refractivity contribution in [2.24, 2.45) is 0 Å². The third-order valence-electron chi connectivity index (χ3n) is 1.17. The van der Waals surface area contributed by atoms with Crippen molar-refractivity contribution in [1.29, 1.82) is 5.41 Å². The van der Waals surface area contributed by atoms with Gasteiger partial charge in [0.1, 0.15) is 13.0 Å². The van der Waals surface area contributed by atoms with Gasteiger partial charge >= 0.3 is 0 Å². The highest BCUT2D eigenvalue weighted by atomic mass is 16.5. The molecular weight excluding hydrogens is 142 g/mol. The minimum absolute atomic E-state index is 0.0834. The summed E-state index contributed by atoms with van der Waals surface area (Å²) in [4.78, 5) is 0. The van der Waals surface area contributed by atoms with Crippen molar-refractivity contribution in [2.75, 3.05) is 13.8 Å². The first-order valence-electron chi connectivity index (χ1n) is 3.47. The number of hydrogen-bond donors (Lipinski definition) is 3. The van der Waals surface area contributed by atoms with Gasteiger partial charge in [0.15, 0.2) is 0 Å². The molecule has 0 amide bonds. The Bertz CT molecular complexity index is 116. The van der Waals surface area contributed by atoms with Gasteiger partial charge in [-0.25, -0.2) is 0 Å². The van der Waals surface area contributed by atoms with E-state index in [1.807, 2.05) is 0 Å². The average molecular weight is 157 g/mol. The molecule has 0 saturated carbocycles. The zero-order valence-corrected chi connectivity index (χ0v) is 6.76. The van der Waals surface area contributed by atoms with Crippen molar-refractivity contribution >= 4 is 6.21 Å². The molecule has 0 aromatic rings. The zero-order chi connectivity index (χ0) is 8.53. The molecule has 0 aromatic carbocycles. The smallest absolute Gasteiger partial charge is 0.118 e. The summed E-state index contributed by atoms with van der Waals surface area (Å²) in [6.45, 7) is 3.89. The van der Waals surface area contributed by atoms with E-state index in [1.165, 1.54) is 6.21 Å². The maximum absolute atomic E-state index is 6.83. The van der Waals surface area contributed by atoms with E-state index in [-0.39, 0.29) is 6.23 Å². The lowest BCUT2D eigenvalue weighted by molar-refractivity contribution is 0.0345. The van der Waals surface area contributed by atoms with Crippen molar-refractivity contribution in [3.8, 4) is 0 Å². The van der Waals surface area contributed by atoms with Gasteiger partial charge in [-0.05, 0) is 19.5 Å². The predicted molar refractivity (Wildman–Crippen MR) is 45.5 cm³/mol. The molecule has 0 heterocycles. The summed E-state index contributed by atoms with van der Waals surface area (Å²) < 4.78 is 5.23. The van der Waals surface area contributed by atoms with Crippen molar-refractivity contribution in [3.63, 3.8) is 0 Å². The maximum Gasteiger partial charge on any atom is 0.118 e. The molecule has 1 atom stereocenters. The highest BCUT2D eigenvalue weighted by Gasteiger charge is 2.01. The average Bonchev–Trinajstić information content (AvgIpc) is 2.03. The molecule has 0 rings (SSSR count). The van der Waals surface area contributed by atoms with Crippen LogP contribution in [0.5, 0.6) is 0 Å². The van der Waals surface area contributed by atoms with Crippen LogP contribution in [0.15, 0.2) is 12.8 Å². The van der Waals surface area contributed by atoms with Gasteiger partial charge in [0.2, 0.25) is 0 Å². The van der Waals surface area contributed by atoms with Crippen LogP contribution in [-0.2, 0) is 4.74 Å². The largest absolute Gasteiger partial charge is 0.369 e. The molecule has 0 spiro atoms. The van der Waals surface area contributed by atoms with E-state index in [0.29, 0.717) is 13.2 Å². The molecule has 0 radical (unpaired) electrons. The Hall–Kier alpha value is -0.870. The molecule has 0 bridgehead atoms. The van der Waals surface area contributed by atoms with Crippen LogP contribution in [0.1, 0.15) is 6.42 Å². The summed E-state index contributed by atoms with van der Waals surface area (Å²) in [5.41, 5.74) is 0. The summed E-state index contributed by atoms with van der Waals surface area (Å²) >= 11 is 0. The Labute approximate surface area is 67.1 Å². The minimum atomic E-state index is -0.0834. The summed E-state index contributed by atoms with van der Waals surface area (Å²) in [7, 11) is 1.79. The van der Waals surface area contributed by atoms with Crippen molar-refractivity contribution in [3.05, 3.63) is 12.8 Å². The fourth-order valence-corrected chi connectivity index (χ4v) is 0.584. The normalized spacial score (nSPS) is 12.1. The fraction of sp³-hybridized carbons (Fsp3) is 0.571. The highest BCUT2D eigenvalue weighted by molar-refractivity contribution is 5.53. The van der Waals surface area contributed by atoms with E-state index in [2.05, 4.69) is 17.2 Å². The van der Waals surface area contributed by atoms with Crippen LogP contribution in [0.4, 0.5) is 0 Å². The quantitative estimate of drug-likeness (QED) is 0.282. The monoisotopic (exact) mass is 157 g/mol. The van der Waals surface area contributed by atoms with Gasteiger partial charge in [0.05, 0.1) is 0 Å². The summed E-state index contributed by atoms with van der Waals surface area (Å²) in [6, 6.07) is 0. The van der Waals surface area contributed by atoms with E-state index in [0.717, 1.165) is 0 Å². The van der Waals surface area contributed by atoms with Gasteiger partial charge in [-0.1, -0.05) is 6.58 Å². The third kappa shape index (κ3) is 5.57. The van der Waals surface area contributed by atoms with Gasteiger partial charge < -0.3 is 15.5 Å². The lowest BCUT2D eigenvalue weighted by Gasteiger charge is -2.14. The van der Waals surface area contributed by atoms with E-state index < -0.39 is 0 Å². The van der Waals surface area contributed by atoms with Gasteiger partial charge in [-0.2, -0.15) is 0 Å². The van der Waals surface area contributed by atoms with Gasteiger partial charge in [-0.15, -0.1) is 0 Å². The molecule has 0 aliphatic carbocycles. The molecule has 3 N–H and O–H groups in total. The van der Waals surface area contributed by atoms with Crippen LogP contribution in [0.2, 0.25) is 0 Å². The molecular formula is C7H15N3O. The summed E-state index contributed by atoms with van der Waals surface area (Å²) in [5, 5.41) is 12.5. The Morgan fingerprint density at radius 1 is 1.73 bits per heavy atom. The number of nitrogens with one attached hydrogen (secondary N) is 3. The first kappa shape index (κ1) is 10.1. The van der Waals surface area contributed by atoms with E-state index in [4.69, 9.17) is 10.1 Å². The lowest BCUT2D eigenvalue weighted by atomic mass is 10.4. The highest BCUT2D eigenvalue weighted by Crippen LogP contribution is 1.88. The maximum atomic E-state index is 6.83. The van der Waals surface area contributed by atoms with Crippen LogP contribution in [-0.4, -0.2) is 26.2 Å². The molecule has 11 heavy (non-hydrogen) atoms. The van der Waals surface area contributed by atoms with Gasteiger partial charge in [-0.3, -0.25) is 5.32 Å². The minimum Gasteiger partial charge on any atom is -0.369 e. The van der Waals surface area contributed by atoms with Crippen molar-refractivity contribution < 1.29 is 4.74 Å². The molecule has 64 valence electrons. The topological polar surface area (TPSA) is 57.1 Å². The Morgan fingerprint density at radius 3 is 2.91 bits per heavy atom. The van der Waals surface area contributed by atoms with Gasteiger partial charge in [0, 0.05) is 6.42 Å². The summed E-state index contributed by atoms with van der Waals surface area (Å²) in [5.74, 6) is 0. The van der Waals surface area contributed by atoms with Crippen LogP contribution >= 0.6 is 0 Å². The first-order valence-corrected chi connectivity index (χ1v) is 3.47. The molecule has 4 nitrogen and oxygen atoms in total. The molecule has 0 aliphatic heterocycles. The van der Waals surface area contributed by atoms with Crippen molar-refractivity contribution in [2.45, 2.75) is 12.6 Å². The Balaban J connectivity index is 3.34. The SMILES string of the molecule is C=CNCOC(CC=N)NC. The Kier molecular flexibility index (Phi) is 6.67. The lowest BCUT2D eigenvalue weighted by Crippen LogP contribution is -2.31. The Morgan fingerprint density at radius 2 is 2.45 bits per heavy atom. The molecule has 4 heteroatoms. The second-order valence-electron chi connectivity index (χ2n) is 1.94. The van der Waals surface area contributed by atoms with Crippen LogP contribution < -0.4 is 10.6 Å². The van der Waals surface area contributed by atoms with Crippen molar-refractivity contribution in [1.82, 2.24) is 10.6 Å². The zero-order valence-electron chi connectivity index (χ0n) is 6.76. The molecule has 0 aromatic heterocycles. The van der Waals surface area contributed by atoms with Crippen LogP contribution in [0.25, 0.3) is 0 Å².